The number of aliphatic imine (C=N–C) groups is 1. The number of hydrogen-bond donors (Lipinski definition) is 0. The predicted molar refractivity (Wildman–Crippen MR) is 165 cm³/mol. The molecule has 0 atom stereocenters. The van der Waals surface area contributed by atoms with Crippen molar-refractivity contribution in [3.63, 3.8) is 0 Å². The molecule has 1 aliphatic rings. The molecule has 6 heteroatoms. The van der Waals surface area contributed by atoms with Gasteiger partial charge in [0, 0.05) is 34.2 Å². The van der Waals surface area contributed by atoms with Crippen molar-refractivity contribution in [1.82, 2.24) is 4.57 Å². The molecule has 2 heterocycles. The first kappa shape index (κ1) is 25.2. The van der Waals surface area contributed by atoms with Crippen LogP contribution in [0.3, 0.4) is 0 Å². The zero-order valence-corrected chi connectivity index (χ0v) is 23.2. The van der Waals surface area contributed by atoms with Gasteiger partial charge in [0.2, 0.25) is 0 Å². The van der Waals surface area contributed by atoms with Crippen LogP contribution in [-0.4, -0.2) is 15.6 Å². The third-order valence-corrected chi connectivity index (χ3v) is 7.91. The number of nitrogens with zero attached hydrogens (tertiary/aromatic N) is 3. The molecule has 192 valence electrons. The minimum Gasteiger partial charge on any atom is -0.342 e. The molecule has 5 aromatic rings. The number of thioether (sulfide) groups is 1. The summed E-state index contributed by atoms with van der Waals surface area (Å²) in [6, 6.07) is 32.2. The normalized spacial score (nSPS) is 15.7. The molecule has 0 saturated carbocycles. The number of aryl methyl sites for hydroxylation is 2. The van der Waals surface area contributed by atoms with Crippen LogP contribution in [0, 0.1) is 13.8 Å². The molecule has 39 heavy (non-hydrogen) atoms. The molecular weight excluding hydrogens is 522 g/mol. The van der Waals surface area contributed by atoms with E-state index in [0.29, 0.717) is 16.6 Å². The van der Waals surface area contributed by atoms with E-state index >= 15 is 0 Å². The second-order valence-corrected chi connectivity index (χ2v) is 11.1. The highest BCUT2D eigenvalue weighted by atomic mass is 35.5. The highest BCUT2D eigenvalue weighted by Crippen LogP contribution is 2.38. The van der Waals surface area contributed by atoms with Gasteiger partial charge in [-0.1, -0.05) is 77.3 Å². The summed E-state index contributed by atoms with van der Waals surface area (Å²) in [6.45, 7) is 4.77. The van der Waals surface area contributed by atoms with Crippen LogP contribution in [0.15, 0.2) is 113 Å². The zero-order chi connectivity index (χ0) is 26.9. The molecule has 1 aromatic heterocycles. The van der Waals surface area contributed by atoms with Crippen LogP contribution in [-0.2, 0) is 11.3 Å². The summed E-state index contributed by atoms with van der Waals surface area (Å²) in [5.41, 5.74) is 7.13. The van der Waals surface area contributed by atoms with E-state index < -0.39 is 0 Å². The number of rotatable bonds is 5. The van der Waals surface area contributed by atoms with Gasteiger partial charge in [0.15, 0.2) is 5.17 Å². The molecule has 0 radical (unpaired) electrons. The lowest BCUT2D eigenvalue weighted by Crippen LogP contribution is -2.28. The van der Waals surface area contributed by atoms with E-state index in [2.05, 4.69) is 29.0 Å². The fourth-order valence-corrected chi connectivity index (χ4v) is 5.90. The number of amides is 1. The van der Waals surface area contributed by atoms with E-state index in [9.17, 15) is 4.79 Å². The Kier molecular flexibility index (Phi) is 6.86. The maximum Gasteiger partial charge on any atom is 0.271 e. The van der Waals surface area contributed by atoms with Crippen molar-refractivity contribution in [3.8, 4) is 0 Å². The minimum absolute atomic E-state index is 0.0820. The molecule has 1 aliphatic heterocycles. The van der Waals surface area contributed by atoms with Crippen molar-refractivity contribution in [2.75, 3.05) is 4.90 Å². The molecule has 0 spiro atoms. The minimum atomic E-state index is -0.0820. The van der Waals surface area contributed by atoms with Crippen LogP contribution in [0.5, 0.6) is 0 Å². The van der Waals surface area contributed by atoms with Gasteiger partial charge in [-0.2, -0.15) is 0 Å². The Morgan fingerprint density at radius 2 is 1.59 bits per heavy atom. The monoisotopic (exact) mass is 547 g/mol. The highest BCUT2D eigenvalue weighted by molar-refractivity contribution is 8.19. The van der Waals surface area contributed by atoms with Gasteiger partial charge in [0.1, 0.15) is 0 Å². The quantitative estimate of drug-likeness (QED) is 0.206. The molecule has 0 aliphatic carbocycles. The number of hydrogen-bond acceptors (Lipinski definition) is 3. The Balaban J connectivity index is 1.42. The topological polar surface area (TPSA) is 37.6 Å². The van der Waals surface area contributed by atoms with Gasteiger partial charge in [0.25, 0.3) is 5.91 Å². The number of carbonyl (C=O) groups is 1. The summed E-state index contributed by atoms with van der Waals surface area (Å²) >= 11 is 7.65. The molecule has 1 saturated heterocycles. The van der Waals surface area contributed by atoms with Crippen LogP contribution >= 0.6 is 23.4 Å². The number of anilines is 1. The van der Waals surface area contributed by atoms with Gasteiger partial charge in [0.05, 0.1) is 16.3 Å². The van der Waals surface area contributed by atoms with Gasteiger partial charge in [-0.05, 0) is 79.7 Å². The third kappa shape index (κ3) is 5.29. The molecule has 1 amide bonds. The average Bonchev–Trinajstić information content (AvgIpc) is 3.43. The van der Waals surface area contributed by atoms with Crippen LogP contribution in [0.25, 0.3) is 17.0 Å². The molecule has 4 aromatic carbocycles. The zero-order valence-electron chi connectivity index (χ0n) is 21.6. The highest BCUT2D eigenvalue weighted by Gasteiger charge is 2.35. The van der Waals surface area contributed by atoms with E-state index in [-0.39, 0.29) is 5.91 Å². The fraction of sp³-hybridized carbons (Fsp3) is 0.0909. The molecule has 0 unspecified atom stereocenters. The van der Waals surface area contributed by atoms with Crippen LogP contribution < -0.4 is 4.90 Å². The number of carbonyl (C=O) groups excluding carboxylic acids is 1. The summed E-state index contributed by atoms with van der Waals surface area (Å²) in [5, 5.41) is 2.45. The van der Waals surface area contributed by atoms with Crippen molar-refractivity contribution in [3.05, 3.63) is 135 Å². The Hall–Kier alpha value is -4.06. The molecular formula is C33H26ClN3OS. The summed E-state index contributed by atoms with van der Waals surface area (Å²) in [4.78, 5) is 21.1. The predicted octanol–water partition coefficient (Wildman–Crippen LogP) is 8.77. The number of aromatic nitrogens is 1. The summed E-state index contributed by atoms with van der Waals surface area (Å²) in [5.74, 6) is -0.0820. The number of para-hydroxylation sites is 1. The standard InChI is InChI=1S/C33H26ClN3OS/c1-22-10-14-27(15-11-22)35-33-37(28-16-12-23(2)13-17-28)32(38)31(39-33)19-25-21-36(30-9-4-3-8-29(25)30)20-24-6-5-7-26(34)18-24/h3-19,21H,20H2,1-2H3/b31-19-,35-33?. The second kappa shape index (κ2) is 10.6. The van der Waals surface area contributed by atoms with Gasteiger partial charge >= 0.3 is 0 Å². The first-order valence-corrected chi connectivity index (χ1v) is 13.9. The number of amidine groups is 1. The maximum absolute atomic E-state index is 13.9. The number of halogens is 1. The van der Waals surface area contributed by atoms with Crippen molar-refractivity contribution in [2.45, 2.75) is 20.4 Å². The van der Waals surface area contributed by atoms with Crippen molar-refractivity contribution in [1.29, 1.82) is 0 Å². The van der Waals surface area contributed by atoms with Crippen molar-refractivity contribution >= 4 is 62.8 Å². The van der Waals surface area contributed by atoms with Gasteiger partial charge < -0.3 is 4.57 Å². The van der Waals surface area contributed by atoms with E-state index in [1.807, 2.05) is 98.8 Å². The Bertz CT molecular complexity index is 1750. The third-order valence-electron chi connectivity index (χ3n) is 6.71. The maximum atomic E-state index is 13.9. The van der Waals surface area contributed by atoms with Crippen LogP contribution in [0.2, 0.25) is 5.02 Å². The Morgan fingerprint density at radius 1 is 0.872 bits per heavy atom. The Labute approximate surface area is 237 Å². The lowest BCUT2D eigenvalue weighted by atomic mass is 10.1. The summed E-state index contributed by atoms with van der Waals surface area (Å²) < 4.78 is 2.20. The van der Waals surface area contributed by atoms with Crippen molar-refractivity contribution in [2.24, 2.45) is 4.99 Å². The summed E-state index contributed by atoms with van der Waals surface area (Å²) in [7, 11) is 0. The van der Waals surface area contributed by atoms with Gasteiger partial charge in [-0.3, -0.25) is 9.69 Å². The molecule has 1 fully saturated rings. The number of benzene rings is 4. The van der Waals surface area contributed by atoms with Crippen molar-refractivity contribution < 1.29 is 4.79 Å². The van der Waals surface area contributed by atoms with Gasteiger partial charge in [-0.25, -0.2) is 4.99 Å². The lowest BCUT2D eigenvalue weighted by Gasteiger charge is -2.16. The summed E-state index contributed by atoms with van der Waals surface area (Å²) in [6.07, 6.45) is 4.10. The number of fused-ring (bicyclic) bond motifs is 1. The SMILES string of the molecule is Cc1ccc(N=C2S/C(=C\c3cn(Cc4cccc(Cl)c4)c4ccccc34)C(=O)N2c2ccc(C)cc2)cc1. The van der Waals surface area contributed by atoms with Gasteiger partial charge in [-0.15, -0.1) is 0 Å². The molecule has 4 nitrogen and oxygen atoms in total. The molecule has 0 N–H and O–H groups in total. The molecule has 6 rings (SSSR count). The largest absolute Gasteiger partial charge is 0.342 e. The second-order valence-electron chi connectivity index (χ2n) is 9.68. The van der Waals surface area contributed by atoms with Crippen LogP contribution in [0.1, 0.15) is 22.3 Å². The van der Waals surface area contributed by atoms with E-state index in [4.69, 9.17) is 16.6 Å². The fourth-order valence-electron chi connectivity index (χ4n) is 4.69. The van der Waals surface area contributed by atoms with Crippen LogP contribution in [0.4, 0.5) is 11.4 Å². The van der Waals surface area contributed by atoms with E-state index in [1.54, 1.807) is 4.90 Å². The smallest absolute Gasteiger partial charge is 0.271 e. The average molecular weight is 548 g/mol. The van der Waals surface area contributed by atoms with E-state index in [1.165, 1.54) is 17.3 Å². The first-order valence-electron chi connectivity index (χ1n) is 12.7. The molecule has 0 bridgehead atoms. The first-order chi connectivity index (χ1) is 18.9. The Morgan fingerprint density at radius 3 is 2.33 bits per heavy atom. The van der Waals surface area contributed by atoms with E-state index in [0.717, 1.165) is 44.0 Å². The lowest BCUT2D eigenvalue weighted by molar-refractivity contribution is -0.113.